The second-order valence-corrected chi connectivity index (χ2v) is 3.19. The van der Waals surface area contributed by atoms with Gasteiger partial charge in [-0.3, -0.25) is 0 Å². The van der Waals surface area contributed by atoms with E-state index in [9.17, 15) is 0 Å². The lowest BCUT2D eigenvalue weighted by atomic mass is 10.2. The van der Waals surface area contributed by atoms with Crippen molar-refractivity contribution >= 4 is 5.88 Å². The highest BCUT2D eigenvalue weighted by Crippen LogP contribution is 2.26. The average Bonchev–Trinajstić information content (AvgIpc) is 2.70. The second kappa shape index (κ2) is 3.38. The predicted octanol–water partition coefficient (Wildman–Crippen LogP) is 1.12. The van der Waals surface area contributed by atoms with Crippen LogP contribution >= 0.6 is 0 Å². The van der Waals surface area contributed by atoms with E-state index in [1.54, 1.807) is 0 Å². The van der Waals surface area contributed by atoms with Crippen LogP contribution in [0.1, 0.15) is 25.1 Å². The highest BCUT2D eigenvalue weighted by atomic mass is 16.5. The maximum Gasteiger partial charge on any atom is 0.232 e. The highest BCUT2D eigenvalue weighted by Gasteiger charge is 2.23. The van der Waals surface area contributed by atoms with Gasteiger partial charge in [0, 0.05) is 26.2 Å². The number of rotatable bonds is 3. The van der Waals surface area contributed by atoms with E-state index in [0.717, 1.165) is 37.8 Å². The van der Waals surface area contributed by atoms with Crippen LogP contribution in [0, 0.1) is 0 Å². The van der Waals surface area contributed by atoms with Gasteiger partial charge in [0.2, 0.25) is 5.88 Å². The van der Waals surface area contributed by atoms with Gasteiger partial charge in [-0.2, -0.15) is 0 Å². The number of hydrogen-bond donors (Lipinski definition) is 1. The standard InChI is InChI=1S/C9H15N3O/c1-3-12(4-2)9-7-5-10-6-8(7)11-13-9/h10H,3-6H2,1-2H3. The maximum absolute atomic E-state index is 5.32. The summed E-state index contributed by atoms with van der Waals surface area (Å²) in [6.45, 7) is 7.93. The fraction of sp³-hybridized carbons (Fsp3) is 0.667. The zero-order chi connectivity index (χ0) is 9.26. The molecule has 4 nitrogen and oxygen atoms in total. The van der Waals surface area contributed by atoms with Gasteiger partial charge in [-0.05, 0) is 13.8 Å². The molecule has 0 fully saturated rings. The van der Waals surface area contributed by atoms with E-state index in [4.69, 9.17) is 4.52 Å². The normalized spacial score (nSPS) is 14.6. The Hall–Kier alpha value is -1.03. The van der Waals surface area contributed by atoms with Gasteiger partial charge >= 0.3 is 0 Å². The van der Waals surface area contributed by atoms with E-state index in [1.807, 2.05) is 0 Å². The number of fused-ring (bicyclic) bond motifs is 1. The fourth-order valence-corrected chi connectivity index (χ4v) is 1.71. The Bertz CT molecular complexity index is 291. The van der Waals surface area contributed by atoms with Crippen molar-refractivity contribution in [2.45, 2.75) is 26.9 Å². The minimum absolute atomic E-state index is 0.847. The summed E-state index contributed by atoms with van der Waals surface area (Å²) < 4.78 is 5.32. The summed E-state index contributed by atoms with van der Waals surface area (Å²) in [6, 6.07) is 0. The molecule has 0 aromatic carbocycles. The molecular weight excluding hydrogens is 166 g/mol. The Labute approximate surface area is 77.9 Å². The highest BCUT2D eigenvalue weighted by molar-refractivity contribution is 5.47. The van der Waals surface area contributed by atoms with Gasteiger partial charge in [0.05, 0.1) is 5.56 Å². The number of anilines is 1. The zero-order valence-electron chi connectivity index (χ0n) is 8.13. The molecule has 2 rings (SSSR count). The Morgan fingerprint density at radius 3 is 2.85 bits per heavy atom. The van der Waals surface area contributed by atoms with Crippen LogP contribution in [0.2, 0.25) is 0 Å². The van der Waals surface area contributed by atoms with Gasteiger partial charge in [-0.1, -0.05) is 5.16 Å². The quantitative estimate of drug-likeness (QED) is 0.758. The Morgan fingerprint density at radius 1 is 1.38 bits per heavy atom. The van der Waals surface area contributed by atoms with Crippen molar-refractivity contribution in [1.29, 1.82) is 0 Å². The van der Waals surface area contributed by atoms with Gasteiger partial charge in [0.15, 0.2) is 0 Å². The summed E-state index contributed by atoms with van der Waals surface area (Å²) in [5, 5.41) is 7.30. The Kier molecular flexibility index (Phi) is 2.22. The van der Waals surface area contributed by atoms with Gasteiger partial charge in [-0.15, -0.1) is 0 Å². The van der Waals surface area contributed by atoms with E-state index >= 15 is 0 Å². The lowest BCUT2D eigenvalue weighted by molar-refractivity contribution is 0.404. The van der Waals surface area contributed by atoms with Gasteiger partial charge in [-0.25, -0.2) is 0 Å². The topological polar surface area (TPSA) is 41.3 Å². The van der Waals surface area contributed by atoms with Crippen LogP contribution in [0.5, 0.6) is 0 Å². The first-order valence-corrected chi connectivity index (χ1v) is 4.79. The first kappa shape index (κ1) is 8.56. The molecule has 0 aliphatic carbocycles. The summed E-state index contributed by atoms with van der Waals surface area (Å²) >= 11 is 0. The average molecular weight is 181 g/mol. The molecule has 72 valence electrons. The third-order valence-electron chi connectivity index (χ3n) is 2.49. The number of aromatic nitrogens is 1. The van der Waals surface area contributed by atoms with Crippen molar-refractivity contribution in [3.8, 4) is 0 Å². The molecule has 1 aromatic heterocycles. The third-order valence-corrected chi connectivity index (χ3v) is 2.49. The molecule has 0 bridgehead atoms. The Morgan fingerprint density at radius 2 is 2.15 bits per heavy atom. The number of nitrogens with one attached hydrogen (secondary N) is 1. The molecule has 1 aliphatic heterocycles. The molecule has 0 saturated carbocycles. The van der Waals surface area contributed by atoms with E-state index in [0.29, 0.717) is 0 Å². The molecule has 0 radical (unpaired) electrons. The van der Waals surface area contributed by atoms with Crippen molar-refractivity contribution in [3.63, 3.8) is 0 Å². The monoisotopic (exact) mass is 181 g/mol. The Balaban J connectivity index is 2.29. The molecule has 0 atom stereocenters. The van der Waals surface area contributed by atoms with Crippen molar-refractivity contribution in [2.75, 3.05) is 18.0 Å². The smallest absolute Gasteiger partial charge is 0.232 e. The minimum Gasteiger partial charge on any atom is -0.341 e. The van der Waals surface area contributed by atoms with Crippen LogP contribution in [0.15, 0.2) is 4.52 Å². The number of nitrogens with zero attached hydrogens (tertiary/aromatic N) is 2. The summed E-state index contributed by atoms with van der Waals surface area (Å²) in [6.07, 6.45) is 0. The van der Waals surface area contributed by atoms with Gasteiger partial charge < -0.3 is 14.7 Å². The zero-order valence-corrected chi connectivity index (χ0v) is 8.13. The van der Waals surface area contributed by atoms with Crippen LogP contribution in [-0.2, 0) is 13.1 Å². The van der Waals surface area contributed by atoms with Crippen LogP contribution < -0.4 is 10.2 Å². The van der Waals surface area contributed by atoms with Crippen molar-refractivity contribution in [3.05, 3.63) is 11.3 Å². The lowest BCUT2D eigenvalue weighted by Gasteiger charge is -2.17. The van der Waals surface area contributed by atoms with Gasteiger partial charge in [0.1, 0.15) is 5.69 Å². The predicted molar refractivity (Wildman–Crippen MR) is 50.6 cm³/mol. The minimum atomic E-state index is 0.847. The van der Waals surface area contributed by atoms with E-state index < -0.39 is 0 Å². The molecule has 0 saturated heterocycles. The molecule has 0 amide bonds. The van der Waals surface area contributed by atoms with Gasteiger partial charge in [0.25, 0.3) is 0 Å². The molecule has 2 heterocycles. The lowest BCUT2D eigenvalue weighted by Crippen LogP contribution is -2.22. The van der Waals surface area contributed by atoms with Crippen LogP contribution in [-0.4, -0.2) is 18.2 Å². The second-order valence-electron chi connectivity index (χ2n) is 3.19. The molecule has 0 spiro atoms. The van der Waals surface area contributed by atoms with E-state index in [2.05, 4.69) is 29.2 Å². The summed E-state index contributed by atoms with van der Waals surface area (Å²) in [4.78, 5) is 2.19. The molecule has 1 aliphatic rings. The largest absolute Gasteiger partial charge is 0.341 e. The first-order valence-electron chi connectivity index (χ1n) is 4.79. The van der Waals surface area contributed by atoms with E-state index in [1.165, 1.54) is 5.56 Å². The molecular formula is C9H15N3O. The first-order chi connectivity index (χ1) is 6.36. The van der Waals surface area contributed by atoms with E-state index in [-0.39, 0.29) is 0 Å². The van der Waals surface area contributed by atoms with Crippen molar-refractivity contribution in [2.24, 2.45) is 0 Å². The molecule has 0 unspecified atom stereocenters. The third kappa shape index (κ3) is 1.31. The molecule has 4 heteroatoms. The SMILES string of the molecule is CCN(CC)c1onc2c1CNC2. The number of hydrogen-bond acceptors (Lipinski definition) is 4. The van der Waals surface area contributed by atoms with Crippen LogP contribution in [0.25, 0.3) is 0 Å². The summed E-state index contributed by atoms with van der Waals surface area (Å²) in [5.41, 5.74) is 2.31. The van der Waals surface area contributed by atoms with Crippen LogP contribution in [0.3, 0.4) is 0 Å². The molecule has 1 N–H and O–H groups in total. The van der Waals surface area contributed by atoms with Crippen molar-refractivity contribution in [1.82, 2.24) is 10.5 Å². The maximum atomic E-state index is 5.32. The molecule has 1 aromatic rings. The van der Waals surface area contributed by atoms with Crippen molar-refractivity contribution < 1.29 is 4.52 Å². The summed E-state index contributed by atoms with van der Waals surface area (Å²) in [7, 11) is 0. The fourth-order valence-electron chi connectivity index (χ4n) is 1.71. The molecule has 13 heavy (non-hydrogen) atoms. The van der Waals surface area contributed by atoms with Crippen LogP contribution in [0.4, 0.5) is 5.88 Å². The summed E-state index contributed by atoms with van der Waals surface area (Å²) in [5.74, 6) is 0.949.